The van der Waals surface area contributed by atoms with Crippen LogP contribution in [0.5, 0.6) is 0 Å². The van der Waals surface area contributed by atoms with Crippen LogP contribution in [0.1, 0.15) is 79.3 Å². The van der Waals surface area contributed by atoms with E-state index in [-0.39, 0.29) is 12.1 Å². The van der Waals surface area contributed by atoms with Gasteiger partial charge in [-0.15, -0.1) is 0 Å². The Hall–Kier alpha value is -1.60. The van der Waals surface area contributed by atoms with Crippen molar-refractivity contribution in [2.24, 2.45) is 0 Å². The largest absolute Gasteiger partial charge is 0.496 e. The van der Waals surface area contributed by atoms with Gasteiger partial charge in [0.15, 0.2) is 0 Å². The Morgan fingerprint density at radius 1 is 1.18 bits per heavy atom. The number of carbonyl (C=O) groups excluding carboxylic acids is 1. The Morgan fingerprint density at radius 2 is 1.82 bits per heavy atom. The second-order valence-electron chi connectivity index (χ2n) is 9.83. The van der Waals surface area contributed by atoms with Gasteiger partial charge in [0.1, 0.15) is 5.60 Å². The predicted octanol–water partition coefficient (Wildman–Crippen LogP) is 3.84. The zero-order valence-electron chi connectivity index (χ0n) is 18.2. The monoisotopic (exact) mass is 388 g/mol. The van der Waals surface area contributed by atoms with E-state index >= 15 is 0 Å². The minimum Gasteiger partial charge on any atom is -0.444 e. The molecule has 6 nitrogen and oxygen atoms in total. The molecule has 0 radical (unpaired) electrons. The molecule has 0 aliphatic carbocycles. The fraction of sp³-hybridized carbons (Fsp3) is 0.714. The first-order chi connectivity index (χ1) is 12.9. The van der Waals surface area contributed by atoms with Gasteiger partial charge < -0.3 is 18.9 Å². The molecule has 1 unspecified atom stereocenters. The number of amides is 1. The summed E-state index contributed by atoms with van der Waals surface area (Å²) in [6.07, 6.45) is 6.31. The van der Waals surface area contributed by atoms with Crippen molar-refractivity contribution in [1.29, 1.82) is 0 Å². The molecule has 1 amide bonds. The van der Waals surface area contributed by atoms with Crippen molar-refractivity contribution in [2.75, 3.05) is 6.54 Å². The molecule has 2 fully saturated rings. The van der Waals surface area contributed by atoms with Gasteiger partial charge in [-0.25, -0.2) is 4.79 Å². The number of hydrogen-bond acceptors (Lipinski definition) is 5. The van der Waals surface area contributed by atoms with Crippen LogP contribution in [0.3, 0.4) is 0 Å². The lowest BCUT2D eigenvalue weighted by molar-refractivity contribution is 0.00578. The number of likely N-dealkylation sites (tertiary alicyclic amines) is 1. The lowest BCUT2D eigenvalue weighted by Gasteiger charge is -2.37. The van der Waals surface area contributed by atoms with Crippen LogP contribution in [0.2, 0.25) is 0 Å². The van der Waals surface area contributed by atoms with Crippen LogP contribution in [0.4, 0.5) is 4.79 Å². The maximum Gasteiger partial charge on any atom is 0.496 e. The van der Waals surface area contributed by atoms with E-state index in [9.17, 15) is 4.79 Å². The van der Waals surface area contributed by atoms with E-state index in [4.69, 9.17) is 14.0 Å². The number of pyridine rings is 1. The van der Waals surface area contributed by atoms with Crippen LogP contribution < -0.4 is 5.46 Å². The first-order valence-electron chi connectivity index (χ1n) is 10.2. The summed E-state index contributed by atoms with van der Waals surface area (Å²) in [4.78, 5) is 19.0. The normalized spacial score (nSPS) is 24.3. The van der Waals surface area contributed by atoms with Gasteiger partial charge in [-0.1, -0.05) is 6.07 Å². The van der Waals surface area contributed by atoms with E-state index in [1.807, 2.05) is 59.6 Å². The second kappa shape index (κ2) is 7.34. The molecule has 1 aromatic rings. The minimum atomic E-state index is -0.512. The van der Waals surface area contributed by atoms with Gasteiger partial charge >= 0.3 is 13.2 Å². The van der Waals surface area contributed by atoms with Gasteiger partial charge in [0.25, 0.3) is 0 Å². The molecule has 1 aromatic heterocycles. The van der Waals surface area contributed by atoms with Gasteiger partial charge in [0, 0.05) is 24.4 Å². The summed E-state index contributed by atoms with van der Waals surface area (Å²) in [5, 5.41) is 0. The Morgan fingerprint density at radius 3 is 2.43 bits per heavy atom. The molecule has 0 aromatic carbocycles. The molecular formula is C21H33BN2O4. The quantitative estimate of drug-likeness (QED) is 0.721. The molecular weight excluding hydrogens is 355 g/mol. The molecule has 0 bridgehead atoms. The molecule has 28 heavy (non-hydrogen) atoms. The molecule has 3 heterocycles. The maximum atomic E-state index is 12.7. The van der Waals surface area contributed by atoms with Crippen molar-refractivity contribution in [3.63, 3.8) is 0 Å². The van der Waals surface area contributed by atoms with Crippen LogP contribution in [-0.4, -0.2) is 46.4 Å². The van der Waals surface area contributed by atoms with Crippen LogP contribution >= 0.6 is 0 Å². The third kappa shape index (κ3) is 4.36. The second-order valence-corrected chi connectivity index (χ2v) is 9.83. The number of piperidine rings is 1. The van der Waals surface area contributed by atoms with Crippen molar-refractivity contribution in [2.45, 2.75) is 90.6 Å². The molecule has 154 valence electrons. The maximum absolute atomic E-state index is 12.7. The average Bonchev–Trinajstić information content (AvgIpc) is 2.81. The number of aromatic nitrogens is 1. The van der Waals surface area contributed by atoms with E-state index in [1.165, 1.54) is 0 Å². The lowest BCUT2D eigenvalue weighted by atomic mass is 9.79. The summed E-state index contributed by atoms with van der Waals surface area (Å²) in [7, 11) is -0.462. The van der Waals surface area contributed by atoms with Gasteiger partial charge in [-0.2, -0.15) is 0 Å². The highest BCUT2D eigenvalue weighted by Gasteiger charge is 2.52. The Kier molecular flexibility index (Phi) is 5.54. The highest BCUT2D eigenvalue weighted by Crippen LogP contribution is 2.37. The first kappa shape index (κ1) is 21.1. The van der Waals surface area contributed by atoms with E-state index in [2.05, 4.69) is 11.1 Å². The van der Waals surface area contributed by atoms with Crippen molar-refractivity contribution >= 4 is 18.7 Å². The smallest absolute Gasteiger partial charge is 0.444 e. The van der Waals surface area contributed by atoms with Crippen molar-refractivity contribution in [1.82, 2.24) is 9.88 Å². The standard InChI is InChI=1S/C21H33BN2O4/c1-19(2,3)26-18(25)24-11-9-8-10-17(24)15-12-16(14-23-13-15)22-27-20(4,5)21(6,7)28-22/h12-14,17H,8-11H2,1-7H3. The summed E-state index contributed by atoms with van der Waals surface area (Å²) in [5.41, 5.74) is 0.563. The average molecular weight is 388 g/mol. The van der Waals surface area contributed by atoms with Crippen molar-refractivity contribution < 1.29 is 18.8 Å². The molecule has 2 aliphatic rings. The van der Waals surface area contributed by atoms with E-state index < -0.39 is 23.9 Å². The minimum absolute atomic E-state index is 0.0431. The fourth-order valence-corrected chi connectivity index (χ4v) is 3.58. The highest BCUT2D eigenvalue weighted by molar-refractivity contribution is 6.62. The summed E-state index contributed by atoms with van der Waals surface area (Å²) in [5.74, 6) is 0. The van der Waals surface area contributed by atoms with E-state index in [0.717, 1.165) is 30.3 Å². The number of nitrogens with zero attached hydrogens (tertiary/aromatic N) is 2. The molecule has 0 saturated carbocycles. The molecule has 3 rings (SSSR count). The molecule has 7 heteroatoms. The first-order valence-corrected chi connectivity index (χ1v) is 10.2. The van der Waals surface area contributed by atoms with Gasteiger partial charge in [0.05, 0.1) is 17.2 Å². The number of rotatable bonds is 2. The fourth-order valence-electron chi connectivity index (χ4n) is 3.58. The van der Waals surface area contributed by atoms with Gasteiger partial charge in [-0.05, 0) is 73.3 Å². The van der Waals surface area contributed by atoms with Crippen LogP contribution in [0.25, 0.3) is 0 Å². The molecule has 2 saturated heterocycles. The molecule has 0 spiro atoms. The third-order valence-corrected chi connectivity index (χ3v) is 5.82. The van der Waals surface area contributed by atoms with E-state index in [0.29, 0.717) is 6.54 Å². The van der Waals surface area contributed by atoms with Gasteiger partial charge in [-0.3, -0.25) is 4.98 Å². The number of ether oxygens (including phenoxy) is 1. The lowest BCUT2D eigenvalue weighted by Crippen LogP contribution is -2.42. The summed E-state index contributed by atoms with van der Waals surface area (Å²) < 4.78 is 18.0. The topological polar surface area (TPSA) is 60.9 Å². The molecule has 0 N–H and O–H groups in total. The van der Waals surface area contributed by atoms with E-state index in [1.54, 1.807) is 6.20 Å². The Labute approximate surface area is 169 Å². The van der Waals surface area contributed by atoms with Crippen LogP contribution in [-0.2, 0) is 14.0 Å². The van der Waals surface area contributed by atoms with Crippen LogP contribution in [0.15, 0.2) is 18.5 Å². The zero-order chi connectivity index (χ0) is 20.7. The summed E-state index contributed by atoms with van der Waals surface area (Å²) in [6.45, 7) is 14.5. The van der Waals surface area contributed by atoms with Crippen molar-refractivity contribution in [3.05, 3.63) is 24.0 Å². The third-order valence-electron chi connectivity index (χ3n) is 5.82. The highest BCUT2D eigenvalue weighted by atomic mass is 16.7. The SMILES string of the molecule is CC(C)(C)OC(=O)N1CCCCC1c1cncc(B2OC(C)(C)C(C)(C)O2)c1. The number of hydrogen-bond donors (Lipinski definition) is 0. The molecule has 1 atom stereocenters. The van der Waals surface area contributed by atoms with Crippen LogP contribution in [0, 0.1) is 0 Å². The van der Waals surface area contributed by atoms with Crippen molar-refractivity contribution in [3.8, 4) is 0 Å². The predicted molar refractivity (Wildman–Crippen MR) is 109 cm³/mol. The summed E-state index contributed by atoms with van der Waals surface area (Å²) in [6, 6.07) is 2.01. The number of carbonyl (C=O) groups is 1. The zero-order valence-corrected chi connectivity index (χ0v) is 18.2. The summed E-state index contributed by atoms with van der Waals surface area (Å²) >= 11 is 0. The Balaban J connectivity index is 1.83. The molecule has 2 aliphatic heterocycles. The Bertz CT molecular complexity index is 713. The van der Waals surface area contributed by atoms with Gasteiger partial charge in [0.2, 0.25) is 0 Å².